The predicted octanol–water partition coefficient (Wildman–Crippen LogP) is 3.84. The number of likely N-dealkylation sites (tertiary alicyclic amines) is 1. The highest BCUT2D eigenvalue weighted by Crippen LogP contribution is 2.21. The third kappa shape index (κ3) is 2.65. The number of nitrogens with zero attached hydrogens (tertiary/aromatic N) is 1. The van der Waals surface area contributed by atoms with Crippen molar-refractivity contribution in [3.05, 3.63) is 36.1 Å². The highest BCUT2D eigenvalue weighted by atomic mass is 16.3. The summed E-state index contributed by atoms with van der Waals surface area (Å²) in [5, 5.41) is 0.998. The third-order valence-corrected chi connectivity index (χ3v) is 3.78. The molecule has 0 radical (unpaired) electrons. The molecule has 0 unspecified atom stereocenters. The van der Waals surface area contributed by atoms with Gasteiger partial charge >= 0.3 is 0 Å². The molecule has 1 aromatic heterocycles. The van der Waals surface area contributed by atoms with E-state index in [0.29, 0.717) is 5.76 Å². The van der Waals surface area contributed by atoms with Gasteiger partial charge in [0.05, 0.1) is 0 Å². The maximum Gasteiger partial charge on any atom is 0.289 e. The van der Waals surface area contributed by atoms with E-state index < -0.39 is 0 Å². The Hall–Kier alpha value is -1.77. The van der Waals surface area contributed by atoms with E-state index >= 15 is 0 Å². The first-order chi connectivity index (χ1) is 9.34. The molecular formula is C16H19NO2. The van der Waals surface area contributed by atoms with Crippen molar-refractivity contribution >= 4 is 16.9 Å². The van der Waals surface area contributed by atoms with Crippen molar-refractivity contribution in [2.45, 2.75) is 32.1 Å². The Kier molecular flexibility index (Phi) is 3.53. The zero-order valence-electron chi connectivity index (χ0n) is 11.1. The second-order valence-electron chi connectivity index (χ2n) is 5.21. The van der Waals surface area contributed by atoms with Crippen LogP contribution in [-0.4, -0.2) is 23.9 Å². The summed E-state index contributed by atoms with van der Waals surface area (Å²) in [6.07, 6.45) is 5.96. The first-order valence-electron chi connectivity index (χ1n) is 7.12. The molecule has 100 valence electrons. The normalized spacial score (nSPS) is 17.2. The summed E-state index contributed by atoms with van der Waals surface area (Å²) >= 11 is 0. The van der Waals surface area contributed by atoms with Gasteiger partial charge in [-0.3, -0.25) is 4.79 Å². The fraction of sp³-hybridized carbons (Fsp3) is 0.438. The van der Waals surface area contributed by atoms with Crippen molar-refractivity contribution in [1.82, 2.24) is 4.90 Å². The molecule has 0 spiro atoms. The van der Waals surface area contributed by atoms with Gasteiger partial charge in [0.1, 0.15) is 5.58 Å². The molecule has 3 heteroatoms. The molecule has 3 rings (SSSR count). The van der Waals surface area contributed by atoms with E-state index in [1.54, 1.807) is 0 Å². The molecule has 1 aromatic carbocycles. The van der Waals surface area contributed by atoms with Crippen molar-refractivity contribution < 1.29 is 9.21 Å². The van der Waals surface area contributed by atoms with E-state index in [2.05, 4.69) is 0 Å². The predicted molar refractivity (Wildman–Crippen MR) is 75.2 cm³/mol. The number of amides is 1. The zero-order chi connectivity index (χ0) is 13.1. The molecule has 0 aliphatic carbocycles. The fourth-order valence-electron chi connectivity index (χ4n) is 2.69. The summed E-state index contributed by atoms with van der Waals surface area (Å²) in [6, 6.07) is 9.62. The Morgan fingerprint density at radius 3 is 2.42 bits per heavy atom. The molecule has 2 aromatic rings. The average Bonchev–Trinajstić information content (AvgIpc) is 2.81. The summed E-state index contributed by atoms with van der Waals surface area (Å²) in [5.41, 5.74) is 0.790. The number of hydrogen-bond acceptors (Lipinski definition) is 2. The minimum absolute atomic E-state index is 0.0399. The number of furan rings is 1. The highest BCUT2D eigenvalue weighted by Gasteiger charge is 2.20. The summed E-state index contributed by atoms with van der Waals surface area (Å²) in [4.78, 5) is 14.4. The van der Waals surface area contributed by atoms with E-state index in [4.69, 9.17) is 4.42 Å². The summed E-state index contributed by atoms with van der Waals surface area (Å²) < 4.78 is 5.66. The number of para-hydroxylation sites is 1. The molecule has 0 N–H and O–H groups in total. The van der Waals surface area contributed by atoms with Crippen LogP contribution in [0.15, 0.2) is 34.7 Å². The van der Waals surface area contributed by atoms with Crippen LogP contribution in [-0.2, 0) is 0 Å². The lowest BCUT2D eigenvalue weighted by Crippen LogP contribution is -2.33. The van der Waals surface area contributed by atoms with Crippen LogP contribution < -0.4 is 0 Å². The van der Waals surface area contributed by atoms with Crippen LogP contribution in [0.4, 0.5) is 0 Å². The number of carbonyl (C=O) groups is 1. The first kappa shape index (κ1) is 12.3. The van der Waals surface area contributed by atoms with Crippen LogP contribution in [0.1, 0.15) is 42.7 Å². The van der Waals surface area contributed by atoms with Crippen molar-refractivity contribution in [3.8, 4) is 0 Å². The van der Waals surface area contributed by atoms with Crippen LogP contribution in [0.25, 0.3) is 11.0 Å². The number of hydrogen-bond donors (Lipinski definition) is 0. The third-order valence-electron chi connectivity index (χ3n) is 3.78. The fourth-order valence-corrected chi connectivity index (χ4v) is 2.69. The molecule has 1 fully saturated rings. The SMILES string of the molecule is O=C(c1cc2ccccc2o1)N1CCCCCCC1. The van der Waals surface area contributed by atoms with Gasteiger partial charge in [-0.15, -0.1) is 0 Å². The van der Waals surface area contributed by atoms with Crippen molar-refractivity contribution in [2.24, 2.45) is 0 Å². The lowest BCUT2D eigenvalue weighted by atomic mass is 10.1. The van der Waals surface area contributed by atoms with Gasteiger partial charge in [0, 0.05) is 18.5 Å². The van der Waals surface area contributed by atoms with Gasteiger partial charge in [0.2, 0.25) is 0 Å². The minimum Gasteiger partial charge on any atom is -0.451 e. The lowest BCUT2D eigenvalue weighted by molar-refractivity contribution is 0.0713. The van der Waals surface area contributed by atoms with Crippen LogP contribution in [0.5, 0.6) is 0 Å². The topological polar surface area (TPSA) is 33.5 Å². The van der Waals surface area contributed by atoms with Gasteiger partial charge in [-0.1, -0.05) is 37.5 Å². The molecule has 0 saturated carbocycles. The summed E-state index contributed by atoms with van der Waals surface area (Å²) in [5.74, 6) is 0.514. The monoisotopic (exact) mass is 257 g/mol. The highest BCUT2D eigenvalue weighted by molar-refractivity contribution is 5.96. The molecule has 0 atom stereocenters. The average molecular weight is 257 g/mol. The Labute approximate surface area is 113 Å². The van der Waals surface area contributed by atoms with E-state index in [-0.39, 0.29) is 5.91 Å². The molecular weight excluding hydrogens is 238 g/mol. The maximum absolute atomic E-state index is 12.5. The van der Waals surface area contributed by atoms with Gasteiger partial charge in [-0.25, -0.2) is 0 Å². The molecule has 2 heterocycles. The number of fused-ring (bicyclic) bond motifs is 1. The van der Waals surface area contributed by atoms with Crippen LogP contribution >= 0.6 is 0 Å². The second kappa shape index (κ2) is 5.47. The van der Waals surface area contributed by atoms with Crippen molar-refractivity contribution in [3.63, 3.8) is 0 Å². The molecule has 1 aliphatic rings. The van der Waals surface area contributed by atoms with Crippen LogP contribution in [0.2, 0.25) is 0 Å². The first-order valence-corrected chi connectivity index (χ1v) is 7.12. The van der Waals surface area contributed by atoms with E-state index in [0.717, 1.165) is 36.9 Å². The van der Waals surface area contributed by atoms with Gasteiger partial charge in [0.15, 0.2) is 5.76 Å². The molecule has 0 bridgehead atoms. The molecule has 1 aliphatic heterocycles. The quantitative estimate of drug-likeness (QED) is 0.777. The number of rotatable bonds is 1. The Morgan fingerprint density at radius 1 is 1.00 bits per heavy atom. The van der Waals surface area contributed by atoms with Crippen molar-refractivity contribution in [2.75, 3.05) is 13.1 Å². The van der Waals surface area contributed by atoms with E-state index in [1.807, 2.05) is 35.2 Å². The Bertz CT molecular complexity index is 532. The van der Waals surface area contributed by atoms with Gasteiger partial charge in [-0.2, -0.15) is 0 Å². The number of carbonyl (C=O) groups excluding carboxylic acids is 1. The van der Waals surface area contributed by atoms with Gasteiger partial charge < -0.3 is 9.32 Å². The minimum atomic E-state index is 0.0399. The van der Waals surface area contributed by atoms with Crippen LogP contribution in [0, 0.1) is 0 Å². The van der Waals surface area contributed by atoms with Crippen LogP contribution in [0.3, 0.4) is 0 Å². The van der Waals surface area contributed by atoms with Gasteiger partial charge in [0.25, 0.3) is 5.91 Å². The molecule has 1 saturated heterocycles. The molecule has 19 heavy (non-hydrogen) atoms. The number of benzene rings is 1. The molecule has 3 nitrogen and oxygen atoms in total. The maximum atomic E-state index is 12.5. The lowest BCUT2D eigenvalue weighted by Gasteiger charge is -2.23. The van der Waals surface area contributed by atoms with Crippen molar-refractivity contribution in [1.29, 1.82) is 0 Å². The van der Waals surface area contributed by atoms with Gasteiger partial charge in [-0.05, 0) is 25.0 Å². The van der Waals surface area contributed by atoms with E-state index in [9.17, 15) is 4.79 Å². The van der Waals surface area contributed by atoms with E-state index in [1.165, 1.54) is 19.3 Å². The zero-order valence-corrected chi connectivity index (χ0v) is 11.1. The Morgan fingerprint density at radius 2 is 1.68 bits per heavy atom. The molecule has 1 amide bonds. The standard InChI is InChI=1S/C16H19NO2/c18-16(17-10-6-2-1-3-7-11-17)15-12-13-8-4-5-9-14(13)19-15/h4-5,8-9,12H,1-3,6-7,10-11H2. The summed E-state index contributed by atoms with van der Waals surface area (Å²) in [6.45, 7) is 1.71. The largest absolute Gasteiger partial charge is 0.451 e. The summed E-state index contributed by atoms with van der Waals surface area (Å²) in [7, 11) is 0. The second-order valence-corrected chi connectivity index (χ2v) is 5.21. The smallest absolute Gasteiger partial charge is 0.289 e. The Balaban J connectivity index is 1.81.